The molecule has 144 valence electrons. The van der Waals surface area contributed by atoms with Crippen LogP contribution in [0.3, 0.4) is 0 Å². The molecule has 2 rings (SSSR count). The summed E-state index contributed by atoms with van der Waals surface area (Å²) in [5.74, 6) is -1.67. The fraction of sp³-hybridized carbons (Fsp3) is 0.333. The Morgan fingerprint density at radius 1 is 1.11 bits per heavy atom. The molecule has 0 heterocycles. The van der Waals surface area contributed by atoms with E-state index in [2.05, 4.69) is 5.32 Å². The van der Waals surface area contributed by atoms with Crippen LogP contribution in [0.15, 0.2) is 48.5 Å². The van der Waals surface area contributed by atoms with Gasteiger partial charge in [0.2, 0.25) is 0 Å². The van der Waals surface area contributed by atoms with E-state index in [1.165, 1.54) is 30.7 Å². The third kappa shape index (κ3) is 6.68. The van der Waals surface area contributed by atoms with Crippen LogP contribution >= 0.6 is 11.6 Å². The van der Waals surface area contributed by atoms with Gasteiger partial charge in [-0.05, 0) is 44.4 Å². The molecule has 2 aromatic carbocycles. The summed E-state index contributed by atoms with van der Waals surface area (Å²) in [6.07, 6.45) is 0.304. The van der Waals surface area contributed by atoms with E-state index in [1.54, 1.807) is 0 Å². The molecule has 0 fully saturated rings. The first-order valence-corrected chi connectivity index (χ1v) is 9.21. The molecule has 2 atom stereocenters. The highest BCUT2D eigenvalue weighted by molar-refractivity contribution is 6.31. The van der Waals surface area contributed by atoms with Crippen LogP contribution in [0.1, 0.15) is 31.4 Å². The van der Waals surface area contributed by atoms with Crippen molar-refractivity contribution in [1.29, 1.82) is 0 Å². The second-order valence-corrected chi connectivity index (χ2v) is 6.85. The molecule has 0 saturated heterocycles. The van der Waals surface area contributed by atoms with Gasteiger partial charge in [-0.25, -0.2) is 4.39 Å². The number of halogens is 2. The maximum absolute atomic E-state index is 13.7. The van der Waals surface area contributed by atoms with E-state index in [1.807, 2.05) is 37.3 Å². The number of nitrogens with one attached hydrogen (secondary N) is 1. The van der Waals surface area contributed by atoms with Gasteiger partial charge in [0.05, 0.1) is 6.42 Å². The SMILES string of the molecule is C[C@@H](CCc1ccccc1)NC(=O)[C@@H](C)OC(=O)Cc1c(F)cccc1Cl. The Hall–Kier alpha value is -2.40. The number of aryl methyl sites for hydroxylation is 1. The van der Waals surface area contributed by atoms with Gasteiger partial charge in [0, 0.05) is 16.6 Å². The van der Waals surface area contributed by atoms with Gasteiger partial charge in [-0.2, -0.15) is 0 Å². The Balaban J connectivity index is 1.79. The predicted octanol–water partition coefficient (Wildman–Crippen LogP) is 4.09. The number of esters is 1. The van der Waals surface area contributed by atoms with Crippen molar-refractivity contribution >= 4 is 23.5 Å². The van der Waals surface area contributed by atoms with Crippen LogP contribution in [-0.4, -0.2) is 24.0 Å². The summed E-state index contributed by atoms with van der Waals surface area (Å²) in [6, 6.07) is 14.1. The van der Waals surface area contributed by atoms with Crippen LogP contribution in [0.2, 0.25) is 5.02 Å². The zero-order valence-electron chi connectivity index (χ0n) is 15.4. The van der Waals surface area contributed by atoms with E-state index in [4.69, 9.17) is 16.3 Å². The van der Waals surface area contributed by atoms with Crippen LogP contribution in [-0.2, 0) is 27.2 Å². The topological polar surface area (TPSA) is 55.4 Å². The number of benzene rings is 2. The van der Waals surface area contributed by atoms with Crippen LogP contribution in [0, 0.1) is 5.82 Å². The van der Waals surface area contributed by atoms with E-state index < -0.39 is 17.9 Å². The first-order valence-electron chi connectivity index (χ1n) is 8.83. The van der Waals surface area contributed by atoms with Gasteiger partial charge in [-0.1, -0.05) is 48.0 Å². The molecular formula is C21H23ClFNO3. The van der Waals surface area contributed by atoms with Gasteiger partial charge < -0.3 is 10.1 Å². The summed E-state index contributed by atoms with van der Waals surface area (Å²) in [5.41, 5.74) is 1.26. The Morgan fingerprint density at radius 3 is 2.48 bits per heavy atom. The fourth-order valence-corrected chi connectivity index (χ4v) is 2.83. The van der Waals surface area contributed by atoms with E-state index in [0.717, 1.165) is 12.8 Å². The largest absolute Gasteiger partial charge is 0.452 e. The molecule has 27 heavy (non-hydrogen) atoms. The van der Waals surface area contributed by atoms with Crippen LogP contribution in [0.5, 0.6) is 0 Å². The van der Waals surface area contributed by atoms with Gasteiger partial charge in [0.1, 0.15) is 5.82 Å². The monoisotopic (exact) mass is 391 g/mol. The van der Waals surface area contributed by atoms with Crippen LogP contribution < -0.4 is 5.32 Å². The molecule has 0 aliphatic carbocycles. The number of hydrogen-bond acceptors (Lipinski definition) is 3. The van der Waals surface area contributed by atoms with Gasteiger partial charge >= 0.3 is 5.97 Å². The fourth-order valence-electron chi connectivity index (χ4n) is 2.60. The molecular weight excluding hydrogens is 369 g/mol. The smallest absolute Gasteiger partial charge is 0.311 e. The molecule has 6 heteroatoms. The Morgan fingerprint density at radius 2 is 1.81 bits per heavy atom. The highest BCUT2D eigenvalue weighted by Gasteiger charge is 2.21. The Labute approximate surface area is 163 Å². The van der Waals surface area contributed by atoms with Crippen molar-refractivity contribution in [3.63, 3.8) is 0 Å². The zero-order valence-corrected chi connectivity index (χ0v) is 16.1. The highest BCUT2D eigenvalue weighted by Crippen LogP contribution is 2.20. The van der Waals surface area contributed by atoms with Crippen molar-refractivity contribution in [2.45, 2.75) is 45.3 Å². The maximum Gasteiger partial charge on any atom is 0.311 e. The van der Waals surface area contributed by atoms with Crippen molar-refractivity contribution in [2.24, 2.45) is 0 Å². The summed E-state index contributed by atoms with van der Waals surface area (Å²) in [4.78, 5) is 24.2. The number of hydrogen-bond donors (Lipinski definition) is 1. The molecule has 0 saturated carbocycles. The van der Waals surface area contributed by atoms with Crippen molar-refractivity contribution in [3.05, 3.63) is 70.5 Å². The van der Waals surface area contributed by atoms with Gasteiger partial charge in [0.25, 0.3) is 5.91 Å². The standard InChI is InChI=1S/C21H23ClFNO3/c1-14(11-12-16-7-4-3-5-8-16)24-21(26)15(2)27-20(25)13-17-18(22)9-6-10-19(17)23/h3-10,14-15H,11-13H2,1-2H3,(H,24,26)/t14-,15+/m0/s1. The first kappa shape index (κ1) is 20.9. The molecule has 4 nitrogen and oxygen atoms in total. The predicted molar refractivity (Wildman–Crippen MR) is 103 cm³/mol. The minimum absolute atomic E-state index is 0.0630. The molecule has 0 aliphatic heterocycles. The van der Waals surface area contributed by atoms with E-state index in [9.17, 15) is 14.0 Å². The number of carbonyl (C=O) groups is 2. The van der Waals surface area contributed by atoms with Gasteiger partial charge in [0.15, 0.2) is 6.10 Å². The lowest BCUT2D eigenvalue weighted by Crippen LogP contribution is -2.41. The minimum Gasteiger partial charge on any atom is -0.452 e. The first-order chi connectivity index (χ1) is 12.9. The maximum atomic E-state index is 13.7. The molecule has 0 unspecified atom stereocenters. The average Bonchev–Trinajstić information content (AvgIpc) is 2.64. The normalized spacial score (nSPS) is 12.9. The number of carbonyl (C=O) groups excluding carboxylic acids is 2. The molecule has 1 N–H and O–H groups in total. The van der Waals surface area contributed by atoms with Gasteiger partial charge in [-0.15, -0.1) is 0 Å². The Kier molecular flexibility index (Phi) is 7.80. The van der Waals surface area contributed by atoms with Crippen LogP contribution in [0.25, 0.3) is 0 Å². The van der Waals surface area contributed by atoms with Crippen molar-refractivity contribution in [2.75, 3.05) is 0 Å². The number of rotatable bonds is 8. The molecule has 0 bridgehead atoms. The van der Waals surface area contributed by atoms with Crippen molar-refractivity contribution in [1.82, 2.24) is 5.32 Å². The van der Waals surface area contributed by atoms with E-state index >= 15 is 0 Å². The quantitative estimate of drug-likeness (QED) is 0.689. The lowest BCUT2D eigenvalue weighted by atomic mass is 10.1. The highest BCUT2D eigenvalue weighted by atomic mass is 35.5. The summed E-state index contributed by atoms with van der Waals surface area (Å²) >= 11 is 5.90. The third-order valence-corrected chi connectivity index (χ3v) is 4.51. The summed E-state index contributed by atoms with van der Waals surface area (Å²) in [6.45, 7) is 3.38. The second-order valence-electron chi connectivity index (χ2n) is 6.44. The van der Waals surface area contributed by atoms with E-state index in [-0.39, 0.29) is 29.0 Å². The Bertz CT molecular complexity index is 762. The minimum atomic E-state index is -0.970. The third-order valence-electron chi connectivity index (χ3n) is 4.16. The summed E-state index contributed by atoms with van der Waals surface area (Å²) < 4.78 is 18.8. The molecule has 1 amide bonds. The van der Waals surface area contributed by atoms with Crippen molar-refractivity contribution in [3.8, 4) is 0 Å². The lowest BCUT2D eigenvalue weighted by molar-refractivity contribution is -0.154. The molecule has 0 aromatic heterocycles. The second kappa shape index (κ2) is 10.1. The number of ether oxygens (including phenoxy) is 1. The molecule has 2 aromatic rings. The molecule has 0 radical (unpaired) electrons. The van der Waals surface area contributed by atoms with Crippen molar-refractivity contribution < 1.29 is 18.7 Å². The average molecular weight is 392 g/mol. The molecule has 0 aliphatic rings. The van der Waals surface area contributed by atoms with E-state index in [0.29, 0.717) is 0 Å². The van der Waals surface area contributed by atoms with Crippen LogP contribution in [0.4, 0.5) is 4.39 Å². The summed E-state index contributed by atoms with van der Waals surface area (Å²) in [5, 5.41) is 2.98. The lowest BCUT2D eigenvalue weighted by Gasteiger charge is -2.18. The summed E-state index contributed by atoms with van der Waals surface area (Å²) in [7, 11) is 0. The molecule has 0 spiro atoms. The number of amides is 1. The van der Waals surface area contributed by atoms with Gasteiger partial charge in [-0.3, -0.25) is 9.59 Å². The zero-order chi connectivity index (χ0) is 19.8.